The highest BCUT2D eigenvalue weighted by atomic mass is 35.5. The molecular formula is C17H24ClNO5. The van der Waals surface area contributed by atoms with E-state index in [4.69, 9.17) is 21.1 Å². The van der Waals surface area contributed by atoms with E-state index in [1.54, 1.807) is 31.4 Å². The lowest BCUT2D eigenvalue weighted by atomic mass is 9.88. The molecule has 24 heavy (non-hydrogen) atoms. The van der Waals surface area contributed by atoms with E-state index in [2.05, 4.69) is 0 Å². The third-order valence-electron chi connectivity index (χ3n) is 4.26. The van der Waals surface area contributed by atoms with Gasteiger partial charge in [0.25, 0.3) is 0 Å². The number of carboxylic acid groups (broad SMARTS) is 1. The summed E-state index contributed by atoms with van der Waals surface area (Å²) >= 11 is 6.04. The molecule has 1 aromatic rings. The summed E-state index contributed by atoms with van der Waals surface area (Å²) in [6.07, 6.45) is 1.01. The van der Waals surface area contributed by atoms with E-state index in [0.717, 1.165) is 12.8 Å². The van der Waals surface area contributed by atoms with Gasteiger partial charge in [0.1, 0.15) is 0 Å². The van der Waals surface area contributed by atoms with Gasteiger partial charge in [0.05, 0.1) is 13.2 Å². The highest BCUT2D eigenvalue weighted by Gasteiger charge is 2.36. The molecule has 0 aromatic heterocycles. The van der Waals surface area contributed by atoms with Crippen LogP contribution in [0.1, 0.15) is 24.8 Å². The van der Waals surface area contributed by atoms with E-state index in [0.29, 0.717) is 36.7 Å². The van der Waals surface area contributed by atoms with Crippen LogP contribution in [0, 0.1) is 5.92 Å². The third kappa shape index (κ3) is 5.08. The largest absolute Gasteiger partial charge is 0.465 e. The van der Waals surface area contributed by atoms with Crippen LogP contribution in [0.5, 0.6) is 0 Å². The van der Waals surface area contributed by atoms with Crippen molar-refractivity contribution in [2.24, 2.45) is 5.92 Å². The molecule has 0 radical (unpaired) electrons. The minimum atomic E-state index is -1.52. The van der Waals surface area contributed by atoms with Crippen molar-refractivity contribution in [3.8, 4) is 0 Å². The number of hydrogen-bond donors (Lipinski definition) is 2. The number of carbonyl (C=O) groups is 1. The fourth-order valence-electron chi connectivity index (χ4n) is 3.08. The summed E-state index contributed by atoms with van der Waals surface area (Å²) in [5, 5.41) is 20.8. The smallest absolute Gasteiger partial charge is 0.407 e. The average molecular weight is 358 g/mol. The fourth-order valence-corrected chi connectivity index (χ4v) is 3.27. The zero-order valence-electron chi connectivity index (χ0n) is 13.8. The van der Waals surface area contributed by atoms with Crippen molar-refractivity contribution in [2.45, 2.75) is 25.0 Å². The minimum Gasteiger partial charge on any atom is -0.465 e. The molecule has 1 fully saturated rings. The molecule has 2 atom stereocenters. The van der Waals surface area contributed by atoms with E-state index in [1.165, 1.54) is 4.90 Å². The van der Waals surface area contributed by atoms with Gasteiger partial charge in [-0.3, -0.25) is 0 Å². The first-order valence-corrected chi connectivity index (χ1v) is 8.41. The van der Waals surface area contributed by atoms with Gasteiger partial charge in [-0.2, -0.15) is 0 Å². The van der Waals surface area contributed by atoms with Crippen molar-refractivity contribution in [1.29, 1.82) is 0 Å². The summed E-state index contributed by atoms with van der Waals surface area (Å²) in [6, 6.07) is 6.92. The van der Waals surface area contributed by atoms with Gasteiger partial charge in [0.2, 0.25) is 0 Å². The highest BCUT2D eigenvalue weighted by Crippen LogP contribution is 2.34. The zero-order valence-corrected chi connectivity index (χ0v) is 14.5. The van der Waals surface area contributed by atoms with Crippen molar-refractivity contribution in [2.75, 3.05) is 33.4 Å². The number of methoxy groups -OCH3 is 1. The van der Waals surface area contributed by atoms with Crippen LogP contribution in [-0.2, 0) is 15.3 Å². The number of likely N-dealkylation sites (tertiary alicyclic amines) is 1. The number of aliphatic hydroxyl groups is 1. The normalized spacial score (nSPS) is 20.6. The van der Waals surface area contributed by atoms with E-state index in [1.807, 2.05) is 0 Å². The van der Waals surface area contributed by atoms with Crippen LogP contribution in [-0.4, -0.2) is 54.6 Å². The first-order valence-electron chi connectivity index (χ1n) is 8.04. The molecule has 2 N–H and O–H groups in total. The van der Waals surface area contributed by atoms with Crippen LogP contribution in [0.3, 0.4) is 0 Å². The van der Waals surface area contributed by atoms with E-state index in [-0.39, 0.29) is 12.5 Å². The Bertz CT molecular complexity index is 556. The molecule has 1 aliphatic rings. The molecule has 134 valence electrons. The molecule has 7 heteroatoms. The van der Waals surface area contributed by atoms with Gasteiger partial charge in [0, 0.05) is 37.2 Å². The molecule has 0 saturated carbocycles. The Morgan fingerprint density at radius 2 is 2.25 bits per heavy atom. The van der Waals surface area contributed by atoms with Crippen LogP contribution in [0.2, 0.25) is 5.02 Å². The number of amides is 1. The summed E-state index contributed by atoms with van der Waals surface area (Å²) in [4.78, 5) is 12.6. The number of halogens is 1. The third-order valence-corrected chi connectivity index (χ3v) is 4.49. The number of benzene rings is 1. The Morgan fingerprint density at radius 1 is 1.46 bits per heavy atom. The Morgan fingerprint density at radius 3 is 2.92 bits per heavy atom. The average Bonchev–Trinajstić information content (AvgIpc) is 2.55. The predicted molar refractivity (Wildman–Crippen MR) is 90.1 cm³/mol. The zero-order chi connectivity index (χ0) is 17.6. The molecule has 2 unspecified atom stereocenters. The number of hydrogen-bond acceptors (Lipinski definition) is 4. The quantitative estimate of drug-likeness (QED) is 0.579. The SMILES string of the molecule is COCCOC(O)(CC1CCCN(C(=O)O)C1)c1cccc(Cl)c1. The van der Waals surface area contributed by atoms with Gasteiger partial charge >= 0.3 is 6.09 Å². The second-order valence-electron chi connectivity index (χ2n) is 6.08. The Labute approximate surface area is 146 Å². The Kier molecular flexibility index (Phi) is 6.86. The maximum atomic E-state index is 11.2. The standard InChI is InChI=1S/C17H24ClNO5/c1-23-8-9-24-17(22,14-5-2-6-15(18)10-14)11-13-4-3-7-19(12-13)16(20)21/h2,5-6,10,13,22H,3-4,7-9,11-12H2,1H3,(H,20,21). The molecule has 1 aromatic carbocycles. The predicted octanol–water partition coefficient (Wildman–Crippen LogP) is 2.93. The highest BCUT2D eigenvalue weighted by molar-refractivity contribution is 6.30. The maximum Gasteiger partial charge on any atom is 0.407 e. The lowest BCUT2D eigenvalue weighted by Crippen LogP contribution is -2.42. The monoisotopic (exact) mass is 357 g/mol. The van der Waals surface area contributed by atoms with Gasteiger partial charge in [-0.1, -0.05) is 23.7 Å². The number of ether oxygens (including phenoxy) is 2. The first-order chi connectivity index (χ1) is 11.4. The van der Waals surface area contributed by atoms with Crippen LogP contribution < -0.4 is 0 Å². The molecule has 1 aliphatic heterocycles. The van der Waals surface area contributed by atoms with E-state index >= 15 is 0 Å². The van der Waals surface area contributed by atoms with Gasteiger partial charge in [0.15, 0.2) is 5.79 Å². The molecule has 1 amide bonds. The van der Waals surface area contributed by atoms with Gasteiger partial charge < -0.3 is 24.6 Å². The molecule has 2 rings (SSSR count). The molecule has 0 bridgehead atoms. The summed E-state index contributed by atoms with van der Waals surface area (Å²) in [6.45, 7) is 1.52. The lowest BCUT2D eigenvalue weighted by molar-refractivity contribution is -0.229. The van der Waals surface area contributed by atoms with E-state index in [9.17, 15) is 15.0 Å². The number of piperidine rings is 1. The summed E-state index contributed by atoms with van der Waals surface area (Å²) in [7, 11) is 1.56. The Balaban J connectivity index is 2.14. The van der Waals surface area contributed by atoms with Gasteiger partial charge in [-0.05, 0) is 30.9 Å². The minimum absolute atomic E-state index is 0.0152. The molecular weight excluding hydrogens is 334 g/mol. The second kappa shape index (κ2) is 8.67. The van der Waals surface area contributed by atoms with Crippen LogP contribution >= 0.6 is 11.6 Å². The maximum absolute atomic E-state index is 11.2. The summed E-state index contributed by atoms with van der Waals surface area (Å²) in [5.74, 6) is -1.50. The molecule has 0 spiro atoms. The van der Waals surface area contributed by atoms with Crippen molar-refractivity contribution in [3.63, 3.8) is 0 Å². The topological polar surface area (TPSA) is 79.2 Å². The first kappa shape index (κ1) is 19.0. The summed E-state index contributed by atoms with van der Waals surface area (Å²) in [5.41, 5.74) is 0.568. The van der Waals surface area contributed by atoms with Gasteiger partial charge in [-0.25, -0.2) is 4.79 Å². The molecule has 0 aliphatic carbocycles. The van der Waals surface area contributed by atoms with Gasteiger partial charge in [-0.15, -0.1) is 0 Å². The lowest BCUT2D eigenvalue weighted by Gasteiger charge is -2.37. The molecule has 6 nitrogen and oxygen atoms in total. The van der Waals surface area contributed by atoms with Crippen molar-refractivity contribution < 1.29 is 24.5 Å². The van der Waals surface area contributed by atoms with Crippen LogP contribution in [0.15, 0.2) is 24.3 Å². The fraction of sp³-hybridized carbons (Fsp3) is 0.588. The molecule has 1 heterocycles. The summed E-state index contributed by atoms with van der Waals surface area (Å²) < 4.78 is 10.7. The van der Waals surface area contributed by atoms with Crippen molar-refractivity contribution in [3.05, 3.63) is 34.9 Å². The number of nitrogens with zero attached hydrogens (tertiary/aromatic N) is 1. The van der Waals surface area contributed by atoms with Crippen LogP contribution in [0.25, 0.3) is 0 Å². The Hall–Kier alpha value is -1.34. The van der Waals surface area contributed by atoms with E-state index < -0.39 is 11.9 Å². The van der Waals surface area contributed by atoms with Crippen LogP contribution in [0.4, 0.5) is 4.79 Å². The van der Waals surface area contributed by atoms with Crippen molar-refractivity contribution in [1.82, 2.24) is 4.90 Å². The molecule has 1 saturated heterocycles. The van der Waals surface area contributed by atoms with Crippen molar-refractivity contribution >= 4 is 17.7 Å². The second-order valence-corrected chi connectivity index (χ2v) is 6.51. The number of rotatable bonds is 7.